The quantitative estimate of drug-likeness (QED) is 0.302. The molecular weight excluding hydrogens is 541 g/mol. The van der Waals surface area contributed by atoms with Crippen molar-refractivity contribution in [1.29, 1.82) is 0 Å². The topological polar surface area (TPSA) is 80.1 Å². The van der Waals surface area contributed by atoms with Crippen molar-refractivity contribution in [2.45, 2.75) is 52.7 Å². The molecule has 0 spiro atoms. The van der Waals surface area contributed by atoms with Crippen molar-refractivity contribution in [3.63, 3.8) is 0 Å². The molecule has 10 heteroatoms. The smallest absolute Gasteiger partial charge is 0.263 e. The Morgan fingerprint density at radius 3 is 2.50 bits per heavy atom. The molecule has 0 aliphatic carbocycles. The van der Waals surface area contributed by atoms with Crippen molar-refractivity contribution in [2.75, 3.05) is 5.32 Å². The molecule has 0 saturated heterocycles. The molecule has 1 N–H and O–H groups in total. The van der Waals surface area contributed by atoms with Crippen LogP contribution in [0.3, 0.4) is 0 Å². The second-order valence-corrected chi connectivity index (χ2v) is 11.8. The second-order valence-electron chi connectivity index (χ2n) is 9.71. The molecule has 0 fully saturated rings. The van der Waals surface area contributed by atoms with Gasteiger partial charge < -0.3 is 10.2 Å². The first kappa shape index (κ1) is 26.4. The number of hydrogen-bond acceptors (Lipinski definition) is 6. The molecule has 0 radical (unpaired) electrons. The maximum absolute atomic E-state index is 13.9. The molecule has 1 aliphatic heterocycles. The number of carbonyl (C=O) groups is 1. The van der Waals surface area contributed by atoms with Crippen LogP contribution in [0, 0.1) is 6.92 Å². The van der Waals surface area contributed by atoms with Crippen molar-refractivity contribution in [2.24, 2.45) is 0 Å². The molecular formula is C28H27Cl2N5O2S. The molecule has 7 nitrogen and oxygen atoms in total. The molecule has 1 atom stereocenters. The van der Waals surface area contributed by atoms with Crippen LogP contribution in [-0.2, 0) is 13.0 Å². The van der Waals surface area contributed by atoms with Crippen molar-refractivity contribution in [3.8, 4) is 16.1 Å². The van der Waals surface area contributed by atoms with Gasteiger partial charge in [0.2, 0.25) is 5.95 Å². The molecule has 3 heterocycles. The minimum absolute atomic E-state index is 0.0436. The van der Waals surface area contributed by atoms with Crippen molar-refractivity contribution >= 4 is 46.4 Å². The summed E-state index contributed by atoms with van der Waals surface area (Å²) in [6, 6.07) is 12.5. The lowest BCUT2D eigenvalue weighted by Crippen LogP contribution is -2.46. The van der Waals surface area contributed by atoms with Gasteiger partial charge in [-0.1, -0.05) is 35.3 Å². The zero-order valence-corrected chi connectivity index (χ0v) is 23.8. The Balaban J connectivity index is 1.53. The Bertz CT molecular complexity index is 1580. The average Bonchev–Trinajstić information content (AvgIpc) is 3.32. The van der Waals surface area contributed by atoms with Gasteiger partial charge in [-0.15, -0.1) is 11.3 Å². The number of nitrogens with zero attached hydrogens (tertiary/aromatic N) is 4. The highest BCUT2D eigenvalue weighted by Crippen LogP contribution is 2.29. The third-order valence-electron chi connectivity index (χ3n) is 6.49. The van der Waals surface area contributed by atoms with Gasteiger partial charge in [0, 0.05) is 29.4 Å². The number of fused-ring (bicyclic) bond motifs is 1. The Morgan fingerprint density at radius 2 is 1.87 bits per heavy atom. The monoisotopic (exact) mass is 567 g/mol. The average molecular weight is 569 g/mol. The first-order chi connectivity index (χ1) is 18.1. The normalized spacial score (nSPS) is 15.0. The van der Waals surface area contributed by atoms with E-state index in [1.54, 1.807) is 39.0 Å². The largest absolute Gasteiger partial charge is 0.353 e. The van der Waals surface area contributed by atoms with E-state index < -0.39 is 0 Å². The number of hydrogen-bond donors (Lipinski definition) is 1. The minimum Gasteiger partial charge on any atom is -0.353 e. The van der Waals surface area contributed by atoms with E-state index in [4.69, 9.17) is 28.2 Å². The highest BCUT2D eigenvalue weighted by molar-refractivity contribution is 7.15. The molecule has 0 bridgehead atoms. The first-order valence-corrected chi connectivity index (χ1v) is 13.9. The summed E-state index contributed by atoms with van der Waals surface area (Å²) in [4.78, 5) is 39.3. The van der Waals surface area contributed by atoms with Crippen LogP contribution in [-0.4, -0.2) is 37.4 Å². The predicted molar refractivity (Wildman–Crippen MR) is 154 cm³/mol. The van der Waals surface area contributed by atoms with E-state index >= 15 is 0 Å². The maximum atomic E-state index is 13.9. The molecule has 196 valence electrons. The van der Waals surface area contributed by atoms with Gasteiger partial charge in [-0.05, 0) is 70.0 Å². The zero-order chi connectivity index (χ0) is 27.1. The first-order valence-electron chi connectivity index (χ1n) is 12.3. The molecule has 4 aromatic rings. The van der Waals surface area contributed by atoms with Crippen LogP contribution in [0.25, 0.3) is 16.1 Å². The molecule has 1 aliphatic rings. The third kappa shape index (κ3) is 5.08. The van der Waals surface area contributed by atoms with Gasteiger partial charge in [0.1, 0.15) is 0 Å². The summed E-state index contributed by atoms with van der Waals surface area (Å²) in [6.07, 6.45) is 2.26. The van der Waals surface area contributed by atoms with Crippen molar-refractivity contribution < 1.29 is 4.79 Å². The lowest BCUT2D eigenvalue weighted by Gasteiger charge is -2.34. The number of aryl methyl sites for hydroxylation is 1. The van der Waals surface area contributed by atoms with Crippen LogP contribution in [0.1, 0.15) is 47.4 Å². The van der Waals surface area contributed by atoms with E-state index in [0.29, 0.717) is 39.2 Å². The summed E-state index contributed by atoms with van der Waals surface area (Å²) in [5, 5.41) is 5.04. The molecule has 2 aromatic carbocycles. The van der Waals surface area contributed by atoms with E-state index in [0.717, 1.165) is 21.1 Å². The van der Waals surface area contributed by atoms with Gasteiger partial charge in [-0.2, -0.15) is 0 Å². The fourth-order valence-corrected chi connectivity index (χ4v) is 5.67. The number of carbonyl (C=O) groups excluding carboxylic acids is 1. The number of aromatic nitrogens is 3. The van der Waals surface area contributed by atoms with E-state index in [1.165, 1.54) is 0 Å². The van der Waals surface area contributed by atoms with Crippen LogP contribution < -0.4 is 10.9 Å². The zero-order valence-electron chi connectivity index (χ0n) is 21.5. The maximum Gasteiger partial charge on any atom is 0.263 e. The van der Waals surface area contributed by atoms with E-state index in [2.05, 4.69) is 10.3 Å². The van der Waals surface area contributed by atoms with Crippen molar-refractivity contribution in [3.05, 3.63) is 90.9 Å². The molecule has 2 aromatic heterocycles. The number of halogens is 2. The van der Waals surface area contributed by atoms with Gasteiger partial charge in [0.15, 0.2) is 0 Å². The number of rotatable bonds is 5. The van der Waals surface area contributed by atoms with Crippen molar-refractivity contribution in [1.82, 2.24) is 19.4 Å². The van der Waals surface area contributed by atoms with Gasteiger partial charge in [-0.3, -0.25) is 9.59 Å². The summed E-state index contributed by atoms with van der Waals surface area (Å²) in [7, 11) is 0. The van der Waals surface area contributed by atoms with Crippen LogP contribution in [0.2, 0.25) is 10.0 Å². The van der Waals surface area contributed by atoms with E-state index in [-0.39, 0.29) is 30.1 Å². The summed E-state index contributed by atoms with van der Waals surface area (Å²) >= 11 is 13.8. The molecule has 38 heavy (non-hydrogen) atoms. The minimum atomic E-state index is -0.201. The standard InChI is InChI=1S/C28H27Cl2N5O2S/c1-15(2)32-28-33-24-14-34(26(36)19-7-10-22(29)23(30)12-19)16(3)11-21(24)27(37)35(28)20-8-5-18(6-9-20)25-13-31-17(4)38-25/h5-10,12-13,15-16H,11,14H2,1-4H3,(H,32,33)/t16-/m1/s1. The van der Waals surface area contributed by atoms with Crippen LogP contribution >= 0.6 is 34.5 Å². The van der Waals surface area contributed by atoms with Crippen LogP contribution in [0.4, 0.5) is 5.95 Å². The lowest BCUT2D eigenvalue weighted by molar-refractivity contribution is 0.0653. The number of anilines is 1. The number of amides is 1. The van der Waals surface area contributed by atoms with Crippen LogP contribution in [0.5, 0.6) is 0 Å². The van der Waals surface area contributed by atoms with Gasteiger partial charge in [0.25, 0.3) is 11.5 Å². The Hall–Kier alpha value is -3.20. The Morgan fingerprint density at radius 1 is 1.13 bits per heavy atom. The van der Waals surface area contributed by atoms with E-state index in [1.807, 2.05) is 58.2 Å². The highest BCUT2D eigenvalue weighted by atomic mass is 35.5. The van der Waals surface area contributed by atoms with Gasteiger partial charge in [-0.25, -0.2) is 14.5 Å². The number of nitrogens with one attached hydrogen (secondary N) is 1. The van der Waals surface area contributed by atoms with Crippen LogP contribution in [0.15, 0.2) is 53.5 Å². The molecule has 5 rings (SSSR count). The fourth-order valence-electron chi connectivity index (χ4n) is 4.59. The molecule has 0 unspecified atom stereocenters. The molecule has 1 amide bonds. The predicted octanol–water partition coefficient (Wildman–Crippen LogP) is 6.38. The summed E-state index contributed by atoms with van der Waals surface area (Å²) in [6.45, 7) is 8.13. The lowest BCUT2D eigenvalue weighted by atomic mass is 9.98. The SMILES string of the molecule is Cc1ncc(-c2ccc(-n3c(NC(C)C)nc4c(c3=O)C[C@@H](C)N(C(=O)c3ccc(Cl)c(Cl)c3)C4)cc2)s1. The number of thiazole rings is 1. The summed E-state index contributed by atoms with van der Waals surface area (Å²) in [5.74, 6) is 0.265. The Kier molecular flexibility index (Phi) is 7.31. The fraction of sp³-hybridized carbons (Fsp3) is 0.286. The summed E-state index contributed by atoms with van der Waals surface area (Å²) < 4.78 is 1.63. The van der Waals surface area contributed by atoms with E-state index in [9.17, 15) is 9.59 Å². The Labute approximate surface area is 235 Å². The third-order valence-corrected chi connectivity index (χ3v) is 8.19. The van der Waals surface area contributed by atoms with Gasteiger partial charge >= 0.3 is 0 Å². The highest BCUT2D eigenvalue weighted by Gasteiger charge is 2.32. The second kappa shape index (κ2) is 10.5. The summed E-state index contributed by atoms with van der Waals surface area (Å²) in [5.41, 5.74) is 3.29. The number of benzene rings is 2. The molecule has 0 saturated carbocycles. The van der Waals surface area contributed by atoms with Gasteiger partial charge in [0.05, 0.1) is 37.9 Å².